The van der Waals surface area contributed by atoms with Gasteiger partial charge in [0.1, 0.15) is 17.1 Å². The molecule has 1 aromatic carbocycles. The SMILES string of the molecule is COc1cc(F)cc2c1nc(N)n1nc([C@@H]3C[C@H](C)CN(c4cnn(C(C)(C)CO)c4)C3)nc21. The molecule has 0 radical (unpaired) electrons. The molecule has 0 aliphatic carbocycles. The van der Waals surface area contributed by atoms with Gasteiger partial charge < -0.3 is 20.5 Å². The summed E-state index contributed by atoms with van der Waals surface area (Å²) in [5, 5.41) is 19.3. The van der Waals surface area contributed by atoms with Gasteiger partial charge in [0.2, 0.25) is 5.95 Å². The summed E-state index contributed by atoms with van der Waals surface area (Å²) in [4.78, 5) is 11.4. The molecule has 4 aromatic rings. The van der Waals surface area contributed by atoms with E-state index < -0.39 is 11.4 Å². The summed E-state index contributed by atoms with van der Waals surface area (Å²) in [6.45, 7) is 7.65. The zero-order valence-corrected chi connectivity index (χ0v) is 19.7. The zero-order chi connectivity index (χ0) is 24.2. The van der Waals surface area contributed by atoms with Gasteiger partial charge in [0.15, 0.2) is 11.5 Å². The standard InChI is InChI=1S/C23H29FN8O2/c1-13-5-14(10-30(9-13)16-8-26-31(11-16)23(2,3)12-33)20-28-21-17-6-15(24)7-18(34-4)19(17)27-22(25)32(21)29-20/h6-8,11,13-14,33H,5,9-10,12H2,1-4H3,(H2,25,27)/t13-,14+/m0/s1. The summed E-state index contributed by atoms with van der Waals surface area (Å²) in [5.41, 5.74) is 7.60. The van der Waals surface area contributed by atoms with Crippen molar-refractivity contribution in [3.05, 3.63) is 36.2 Å². The zero-order valence-electron chi connectivity index (χ0n) is 19.7. The molecule has 1 saturated heterocycles. The maximum Gasteiger partial charge on any atom is 0.223 e. The topological polar surface area (TPSA) is 120 Å². The molecule has 11 heteroatoms. The van der Waals surface area contributed by atoms with Crippen molar-refractivity contribution < 1.29 is 14.2 Å². The van der Waals surface area contributed by atoms with E-state index >= 15 is 0 Å². The molecule has 1 fully saturated rings. The molecule has 3 N–H and O–H groups in total. The maximum atomic E-state index is 14.2. The molecule has 0 amide bonds. The number of anilines is 2. The molecule has 0 bridgehead atoms. The van der Waals surface area contributed by atoms with E-state index in [4.69, 9.17) is 15.5 Å². The lowest BCUT2D eigenvalue weighted by Crippen LogP contribution is -2.39. The third-order valence-corrected chi connectivity index (χ3v) is 6.53. The molecule has 5 rings (SSSR count). The van der Waals surface area contributed by atoms with Crippen molar-refractivity contribution in [3.8, 4) is 5.75 Å². The number of aromatic nitrogens is 6. The van der Waals surface area contributed by atoms with Crippen LogP contribution >= 0.6 is 0 Å². The van der Waals surface area contributed by atoms with E-state index in [0.717, 1.165) is 18.7 Å². The predicted molar refractivity (Wildman–Crippen MR) is 127 cm³/mol. The van der Waals surface area contributed by atoms with Gasteiger partial charge in [0, 0.05) is 31.3 Å². The van der Waals surface area contributed by atoms with Crippen LogP contribution in [0.4, 0.5) is 16.0 Å². The van der Waals surface area contributed by atoms with Crippen molar-refractivity contribution in [2.45, 2.75) is 38.6 Å². The minimum absolute atomic E-state index is 0.00684. The summed E-state index contributed by atoms with van der Waals surface area (Å²) in [5.74, 6) is 1.10. The van der Waals surface area contributed by atoms with Gasteiger partial charge in [0.25, 0.3) is 0 Å². The molecule has 1 aliphatic rings. The van der Waals surface area contributed by atoms with E-state index in [1.165, 1.54) is 23.8 Å². The van der Waals surface area contributed by atoms with Gasteiger partial charge in [-0.1, -0.05) is 6.92 Å². The fraction of sp³-hybridized carbons (Fsp3) is 0.478. The third-order valence-electron chi connectivity index (χ3n) is 6.53. The van der Waals surface area contributed by atoms with Crippen molar-refractivity contribution in [1.29, 1.82) is 0 Å². The smallest absolute Gasteiger partial charge is 0.223 e. The molecule has 1 aliphatic heterocycles. The number of hydrogen-bond donors (Lipinski definition) is 2. The highest BCUT2D eigenvalue weighted by Crippen LogP contribution is 2.34. The van der Waals surface area contributed by atoms with Crippen LogP contribution in [0.25, 0.3) is 16.6 Å². The maximum absolute atomic E-state index is 14.2. The van der Waals surface area contributed by atoms with Crippen LogP contribution in [0.15, 0.2) is 24.5 Å². The van der Waals surface area contributed by atoms with Gasteiger partial charge in [-0.25, -0.2) is 14.4 Å². The minimum Gasteiger partial charge on any atom is -0.494 e. The van der Waals surface area contributed by atoms with Crippen molar-refractivity contribution in [2.75, 3.05) is 37.4 Å². The van der Waals surface area contributed by atoms with Gasteiger partial charge in [-0.15, -0.1) is 5.10 Å². The van der Waals surface area contributed by atoms with Gasteiger partial charge >= 0.3 is 0 Å². The molecule has 2 atom stereocenters. The number of benzene rings is 1. The number of aliphatic hydroxyl groups excluding tert-OH is 1. The summed E-state index contributed by atoms with van der Waals surface area (Å²) in [6.07, 6.45) is 4.70. The second kappa shape index (κ2) is 8.08. The molecular weight excluding hydrogens is 439 g/mol. The first-order valence-corrected chi connectivity index (χ1v) is 11.3. The Labute approximate surface area is 196 Å². The van der Waals surface area contributed by atoms with Crippen LogP contribution in [0, 0.1) is 11.7 Å². The average Bonchev–Trinajstić information content (AvgIpc) is 3.48. The highest BCUT2D eigenvalue weighted by Gasteiger charge is 2.31. The van der Waals surface area contributed by atoms with Crippen LogP contribution in [0.1, 0.15) is 38.9 Å². The molecule has 3 aromatic heterocycles. The number of methoxy groups -OCH3 is 1. The Morgan fingerprint density at radius 2 is 2.06 bits per heavy atom. The normalized spacial score (nSPS) is 19.3. The Bertz CT molecular complexity index is 1360. The van der Waals surface area contributed by atoms with Crippen molar-refractivity contribution in [1.82, 2.24) is 29.4 Å². The lowest BCUT2D eigenvalue weighted by atomic mass is 9.89. The largest absolute Gasteiger partial charge is 0.494 e. The number of ether oxygens (including phenoxy) is 1. The Morgan fingerprint density at radius 3 is 2.79 bits per heavy atom. The Balaban J connectivity index is 1.52. The van der Waals surface area contributed by atoms with Crippen molar-refractivity contribution >= 4 is 28.2 Å². The number of piperidine rings is 1. The van der Waals surface area contributed by atoms with E-state index in [0.29, 0.717) is 40.6 Å². The van der Waals surface area contributed by atoms with Crippen LogP contribution in [-0.4, -0.2) is 61.3 Å². The first-order chi connectivity index (χ1) is 16.2. The van der Waals surface area contributed by atoms with Gasteiger partial charge in [0.05, 0.1) is 36.5 Å². The van der Waals surface area contributed by atoms with Crippen LogP contribution < -0.4 is 15.4 Å². The van der Waals surface area contributed by atoms with Gasteiger partial charge in [-0.2, -0.15) is 9.61 Å². The number of nitrogens with zero attached hydrogens (tertiary/aromatic N) is 7. The molecule has 0 spiro atoms. The Hall–Kier alpha value is -3.47. The first-order valence-electron chi connectivity index (χ1n) is 11.3. The van der Waals surface area contributed by atoms with E-state index in [2.05, 4.69) is 27.0 Å². The lowest BCUT2D eigenvalue weighted by molar-refractivity contribution is 0.152. The monoisotopic (exact) mass is 468 g/mol. The number of aliphatic hydroxyl groups is 1. The molecular formula is C23H29FN8O2. The Morgan fingerprint density at radius 1 is 1.26 bits per heavy atom. The predicted octanol–water partition coefficient (Wildman–Crippen LogP) is 2.56. The van der Waals surface area contributed by atoms with Crippen LogP contribution in [0.5, 0.6) is 5.75 Å². The van der Waals surface area contributed by atoms with Crippen molar-refractivity contribution in [3.63, 3.8) is 0 Å². The van der Waals surface area contributed by atoms with Gasteiger partial charge in [-0.05, 0) is 32.3 Å². The fourth-order valence-electron chi connectivity index (χ4n) is 4.64. The molecule has 4 heterocycles. The number of nitrogens with two attached hydrogens (primary N) is 1. The lowest BCUT2D eigenvalue weighted by Gasteiger charge is -2.36. The van der Waals surface area contributed by atoms with E-state index in [-0.39, 0.29) is 18.5 Å². The van der Waals surface area contributed by atoms with Crippen LogP contribution in [0.3, 0.4) is 0 Å². The second-order valence-corrected chi connectivity index (χ2v) is 9.74. The third kappa shape index (κ3) is 3.69. The first kappa shape index (κ1) is 22.3. The quantitative estimate of drug-likeness (QED) is 0.459. The molecule has 180 valence electrons. The summed E-state index contributed by atoms with van der Waals surface area (Å²) in [6, 6.07) is 2.66. The van der Waals surface area contributed by atoms with Crippen LogP contribution in [0.2, 0.25) is 0 Å². The number of hydrogen-bond acceptors (Lipinski definition) is 8. The number of nitrogen functional groups attached to an aromatic ring is 1. The summed E-state index contributed by atoms with van der Waals surface area (Å²) < 4.78 is 22.8. The van der Waals surface area contributed by atoms with E-state index in [1.807, 2.05) is 26.2 Å². The van der Waals surface area contributed by atoms with Crippen molar-refractivity contribution in [2.24, 2.45) is 5.92 Å². The van der Waals surface area contributed by atoms with E-state index in [1.54, 1.807) is 4.68 Å². The summed E-state index contributed by atoms with van der Waals surface area (Å²) in [7, 11) is 1.47. The fourth-order valence-corrected chi connectivity index (χ4v) is 4.64. The van der Waals surface area contributed by atoms with E-state index in [9.17, 15) is 9.50 Å². The summed E-state index contributed by atoms with van der Waals surface area (Å²) >= 11 is 0. The molecule has 0 saturated carbocycles. The number of fused-ring (bicyclic) bond motifs is 3. The number of rotatable bonds is 5. The minimum atomic E-state index is -0.482. The number of halogens is 1. The second-order valence-electron chi connectivity index (χ2n) is 9.74. The average molecular weight is 469 g/mol. The molecule has 10 nitrogen and oxygen atoms in total. The highest BCUT2D eigenvalue weighted by atomic mass is 19.1. The van der Waals surface area contributed by atoms with Crippen LogP contribution in [-0.2, 0) is 5.54 Å². The molecule has 34 heavy (non-hydrogen) atoms. The molecule has 0 unspecified atom stereocenters. The Kier molecular flexibility index (Phi) is 5.31. The highest BCUT2D eigenvalue weighted by molar-refractivity contribution is 5.95. The van der Waals surface area contributed by atoms with Gasteiger partial charge in [-0.3, -0.25) is 4.68 Å².